The highest BCUT2D eigenvalue weighted by Gasteiger charge is 2.27. The van der Waals surface area contributed by atoms with E-state index >= 15 is 0 Å². The number of phenols is 1. The second kappa shape index (κ2) is 8.16. The summed E-state index contributed by atoms with van der Waals surface area (Å²) in [6, 6.07) is 15.0. The molecule has 0 amide bonds. The van der Waals surface area contributed by atoms with Crippen LogP contribution >= 0.6 is 23.5 Å². The molecular weight excluding hydrogens is 342 g/mol. The molecule has 128 valence electrons. The zero-order valence-electron chi connectivity index (χ0n) is 13.2. The number of fused-ring (bicyclic) bond motifs is 1. The zero-order chi connectivity index (χ0) is 16.9. The molecule has 0 spiro atoms. The average Bonchev–Trinajstić information content (AvgIpc) is 2.73. The van der Waals surface area contributed by atoms with Crippen molar-refractivity contribution in [3.8, 4) is 11.5 Å². The molecule has 3 rings (SSSR count). The molecule has 0 aromatic heterocycles. The van der Waals surface area contributed by atoms with Crippen molar-refractivity contribution in [1.82, 2.24) is 0 Å². The van der Waals surface area contributed by atoms with Crippen LogP contribution in [-0.4, -0.2) is 34.1 Å². The molecule has 3 atom stereocenters. The average molecular weight is 364 g/mol. The number of para-hydroxylation sites is 2. The van der Waals surface area contributed by atoms with E-state index in [1.165, 1.54) is 11.8 Å². The van der Waals surface area contributed by atoms with Crippen LogP contribution in [0, 0.1) is 5.92 Å². The van der Waals surface area contributed by atoms with Crippen LogP contribution in [-0.2, 0) is 0 Å². The number of aliphatic hydroxyl groups is 1. The monoisotopic (exact) mass is 363 g/mol. The van der Waals surface area contributed by atoms with Crippen LogP contribution in [0.25, 0.3) is 0 Å². The standard InChI is InChI=1S/C18H21NO3S2/c19-18-12(10-23-17-8-4-2-6-15(17)22-18)9-13(20)11-24-16-7-3-1-5-14(16)21/h1-8,12-13,18,20-21H,9-11,19H2. The number of phenolic OH excluding ortho intramolecular Hbond substituents is 1. The Hall–Kier alpha value is -1.34. The fourth-order valence-corrected chi connectivity index (χ4v) is 4.64. The van der Waals surface area contributed by atoms with E-state index in [1.54, 1.807) is 23.9 Å². The van der Waals surface area contributed by atoms with Gasteiger partial charge >= 0.3 is 0 Å². The number of rotatable bonds is 5. The maximum Gasteiger partial charge on any atom is 0.151 e. The first-order valence-corrected chi connectivity index (χ1v) is 9.83. The van der Waals surface area contributed by atoms with E-state index in [0.29, 0.717) is 12.2 Å². The van der Waals surface area contributed by atoms with Crippen molar-refractivity contribution in [2.45, 2.75) is 28.5 Å². The number of ether oxygens (including phenoxy) is 1. The summed E-state index contributed by atoms with van der Waals surface area (Å²) < 4.78 is 5.85. The summed E-state index contributed by atoms with van der Waals surface area (Å²) in [6.07, 6.45) is -0.357. The Balaban J connectivity index is 1.55. The Bertz CT molecular complexity index is 683. The second-order valence-electron chi connectivity index (χ2n) is 5.77. The van der Waals surface area contributed by atoms with Gasteiger partial charge < -0.3 is 14.9 Å². The lowest BCUT2D eigenvalue weighted by molar-refractivity contribution is 0.100. The van der Waals surface area contributed by atoms with Gasteiger partial charge in [0.05, 0.1) is 6.10 Å². The molecule has 0 saturated carbocycles. The topological polar surface area (TPSA) is 75.7 Å². The van der Waals surface area contributed by atoms with Crippen LogP contribution in [0.5, 0.6) is 11.5 Å². The summed E-state index contributed by atoms with van der Waals surface area (Å²) in [5.74, 6) is 2.46. The number of aliphatic hydroxyl groups excluding tert-OH is 1. The van der Waals surface area contributed by atoms with Crippen LogP contribution in [0.1, 0.15) is 6.42 Å². The predicted molar refractivity (Wildman–Crippen MR) is 98.7 cm³/mol. The van der Waals surface area contributed by atoms with Gasteiger partial charge in [-0.1, -0.05) is 24.3 Å². The second-order valence-corrected chi connectivity index (χ2v) is 7.89. The van der Waals surface area contributed by atoms with Gasteiger partial charge in [-0.2, -0.15) is 0 Å². The summed E-state index contributed by atoms with van der Waals surface area (Å²) >= 11 is 3.17. The quantitative estimate of drug-likeness (QED) is 0.708. The SMILES string of the molecule is NC1Oc2ccccc2SCC1CC(O)CSc1ccccc1O. The van der Waals surface area contributed by atoms with Crippen molar-refractivity contribution in [3.63, 3.8) is 0 Å². The van der Waals surface area contributed by atoms with Crippen LogP contribution in [0.15, 0.2) is 58.3 Å². The first-order chi connectivity index (χ1) is 11.6. The molecule has 4 nitrogen and oxygen atoms in total. The first kappa shape index (κ1) is 17.5. The Morgan fingerprint density at radius 2 is 1.96 bits per heavy atom. The van der Waals surface area contributed by atoms with Crippen molar-refractivity contribution in [3.05, 3.63) is 48.5 Å². The molecule has 1 aliphatic heterocycles. The first-order valence-electron chi connectivity index (χ1n) is 7.86. The van der Waals surface area contributed by atoms with Crippen LogP contribution in [0.4, 0.5) is 0 Å². The Morgan fingerprint density at radius 3 is 2.79 bits per heavy atom. The number of hydrogen-bond acceptors (Lipinski definition) is 6. The van der Waals surface area contributed by atoms with Gasteiger partial charge in [-0.15, -0.1) is 23.5 Å². The lowest BCUT2D eigenvalue weighted by Gasteiger charge is -2.23. The molecule has 4 N–H and O–H groups in total. The van der Waals surface area contributed by atoms with Gasteiger partial charge in [-0.3, -0.25) is 5.73 Å². The summed E-state index contributed by atoms with van der Waals surface area (Å²) in [5.41, 5.74) is 6.18. The van der Waals surface area contributed by atoms with Gasteiger partial charge in [0.1, 0.15) is 11.5 Å². The molecule has 1 heterocycles. The minimum atomic E-state index is -0.504. The van der Waals surface area contributed by atoms with Gasteiger partial charge in [0.15, 0.2) is 6.23 Å². The third-order valence-electron chi connectivity index (χ3n) is 3.90. The van der Waals surface area contributed by atoms with Crippen molar-refractivity contribution in [2.75, 3.05) is 11.5 Å². The molecule has 24 heavy (non-hydrogen) atoms. The molecule has 0 bridgehead atoms. The smallest absolute Gasteiger partial charge is 0.151 e. The summed E-state index contributed by atoms with van der Waals surface area (Å²) in [6.45, 7) is 0. The molecule has 0 aliphatic carbocycles. The molecule has 1 aliphatic rings. The minimum Gasteiger partial charge on any atom is -0.507 e. The van der Waals surface area contributed by atoms with Crippen molar-refractivity contribution >= 4 is 23.5 Å². The summed E-state index contributed by atoms with van der Waals surface area (Å²) in [7, 11) is 0. The fraction of sp³-hybridized carbons (Fsp3) is 0.333. The minimum absolute atomic E-state index is 0.0716. The Labute approximate surface area is 150 Å². The van der Waals surface area contributed by atoms with E-state index < -0.39 is 12.3 Å². The lowest BCUT2D eigenvalue weighted by Crippen LogP contribution is -2.38. The predicted octanol–water partition coefficient (Wildman–Crippen LogP) is 3.32. The number of hydrogen-bond donors (Lipinski definition) is 3. The molecule has 0 saturated heterocycles. The van der Waals surface area contributed by atoms with E-state index in [2.05, 4.69) is 0 Å². The summed E-state index contributed by atoms with van der Waals surface area (Å²) in [5, 5.41) is 20.1. The Morgan fingerprint density at radius 1 is 1.21 bits per heavy atom. The number of benzene rings is 2. The number of thioether (sulfide) groups is 2. The van der Waals surface area contributed by atoms with Crippen LogP contribution in [0.3, 0.4) is 0 Å². The van der Waals surface area contributed by atoms with E-state index in [0.717, 1.165) is 21.3 Å². The van der Waals surface area contributed by atoms with E-state index in [-0.39, 0.29) is 11.7 Å². The molecular formula is C18H21NO3S2. The van der Waals surface area contributed by atoms with Gasteiger partial charge in [0, 0.05) is 27.2 Å². The highest BCUT2D eigenvalue weighted by molar-refractivity contribution is 7.99. The number of nitrogens with two attached hydrogens (primary N) is 1. The van der Waals surface area contributed by atoms with Gasteiger partial charge in [0.25, 0.3) is 0 Å². The van der Waals surface area contributed by atoms with Gasteiger partial charge in [-0.05, 0) is 30.7 Å². The molecule has 2 aromatic carbocycles. The number of aromatic hydroxyl groups is 1. The third-order valence-corrected chi connectivity index (χ3v) is 6.35. The highest BCUT2D eigenvalue weighted by atomic mass is 32.2. The Kier molecular flexibility index (Phi) is 5.94. The van der Waals surface area contributed by atoms with Crippen molar-refractivity contribution in [1.29, 1.82) is 0 Å². The highest BCUT2D eigenvalue weighted by Crippen LogP contribution is 2.36. The van der Waals surface area contributed by atoms with Crippen molar-refractivity contribution < 1.29 is 14.9 Å². The zero-order valence-corrected chi connectivity index (χ0v) is 14.8. The third kappa shape index (κ3) is 4.39. The maximum absolute atomic E-state index is 10.4. The van der Waals surface area contributed by atoms with Gasteiger partial charge in [-0.25, -0.2) is 0 Å². The molecule has 2 aromatic rings. The van der Waals surface area contributed by atoms with Crippen LogP contribution in [0.2, 0.25) is 0 Å². The molecule has 0 radical (unpaired) electrons. The van der Waals surface area contributed by atoms with Crippen molar-refractivity contribution in [2.24, 2.45) is 11.7 Å². The largest absolute Gasteiger partial charge is 0.507 e. The fourth-order valence-electron chi connectivity index (χ4n) is 2.59. The lowest BCUT2D eigenvalue weighted by atomic mass is 10.0. The van der Waals surface area contributed by atoms with Gasteiger partial charge in [0.2, 0.25) is 0 Å². The van der Waals surface area contributed by atoms with E-state index in [4.69, 9.17) is 10.5 Å². The van der Waals surface area contributed by atoms with Crippen LogP contribution < -0.4 is 10.5 Å². The normalized spacial score (nSPS) is 21.4. The molecule has 0 fully saturated rings. The van der Waals surface area contributed by atoms with E-state index in [1.807, 2.05) is 36.4 Å². The summed E-state index contributed by atoms with van der Waals surface area (Å²) in [4.78, 5) is 1.87. The molecule has 3 unspecified atom stereocenters. The molecule has 6 heteroatoms. The maximum atomic E-state index is 10.4. The van der Waals surface area contributed by atoms with E-state index in [9.17, 15) is 10.2 Å².